The summed E-state index contributed by atoms with van der Waals surface area (Å²) in [6.07, 6.45) is 0.369. The van der Waals surface area contributed by atoms with Crippen LogP contribution in [-0.4, -0.2) is 28.7 Å². The number of aromatic nitrogens is 1. The number of esters is 1. The molecule has 0 saturated heterocycles. The lowest BCUT2D eigenvalue weighted by atomic mass is 10.0. The maximum atomic E-state index is 13.0. The van der Waals surface area contributed by atoms with Gasteiger partial charge < -0.3 is 19.5 Å². The molecule has 2 heterocycles. The van der Waals surface area contributed by atoms with Crippen LogP contribution < -0.4 is 5.32 Å². The summed E-state index contributed by atoms with van der Waals surface area (Å²) < 4.78 is 10.5. The largest absolute Gasteiger partial charge is 0.459 e. The second-order valence-electron chi connectivity index (χ2n) is 7.06. The summed E-state index contributed by atoms with van der Waals surface area (Å²) in [6, 6.07) is 17.0. The number of aromatic amines is 1. The van der Waals surface area contributed by atoms with E-state index in [0.29, 0.717) is 11.3 Å². The van der Waals surface area contributed by atoms with E-state index in [1.807, 2.05) is 24.3 Å². The van der Waals surface area contributed by atoms with Crippen molar-refractivity contribution in [2.75, 3.05) is 5.32 Å². The van der Waals surface area contributed by atoms with Crippen LogP contribution in [-0.2, 0) is 4.74 Å². The first-order chi connectivity index (χ1) is 15.0. The van der Waals surface area contributed by atoms with Crippen molar-refractivity contribution >= 4 is 34.3 Å². The Balaban J connectivity index is 1.53. The van der Waals surface area contributed by atoms with Crippen LogP contribution >= 0.6 is 0 Å². The van der Waals surface area contributed by atoms with Crippen molar-refractivity contribution in [2.45, 2.75) is 20.0 Å². The third kappa shape index (κ3) is 3.98. The number of amides is 1. The Hall–Kier alpha value is -4.13. The molecule has 0 aliphatic carbocycles. The number of anilines is 1. The van der Waals surface area contributed by atoms with Crippen molar-refractivity contribution in [2.24, 2.45) is 0 Å². The average molecular weight is 416 g/mol. The topological polar surface area (TPSA) is 101 Å². The molecule has 0 fully saturated rings. The summed E-state index contributed by atoms with van der Waals surface area (Å²) in [5.41, 5.74) is 2.44. The molecule has 2 aromatic heterocycles. The van der Waals surface area contributed by atoms with Crippen LogP contribution in [0.5, 0.6) is 0 Å². The second kappa shape index (κ2) is 8.31. The minimum Gasteiger partial charge on any atom is -0.459 e. The number of carbonyl (C=O) groups is 3. The molecule has 0 spiro atoms. The third-order valence-electron chi connectivity index (χ3n) is 4.93. The van der Waals surface area contributed by atoms with E-state index in [2.05, 4.69) is 10.3 Å². The van der Waals surface area contributed by atoms with E-state index in [4.69, 9.17) is 9.15 Å². The molecule has 0 saturated carbocycles. The molecule has 0 radical (unpaired) electrons. The van der Waals surface area contributed by atoms with Gasteiger partial charge in [0.25, 0.3) is 5.91 Å². The SMILES string of the molecule is Cc1[nH]c2ccccc2c1C(=O)[C@@H](C)OC(=O)c1ccccc1NC(=O)c1ccco1. The van der Waals surface area contributed by atoms with E-state index in [1.54, 1.807) is 31.2 Å². The van der Waals surface area contributed by atoms with Gasteiger partial charge in [-0.05, 0) is 44.2 Å². The van der Waals surface area contributed by atoms with Gasteiger partial charge in [0.1, 0.15) is 0 Å². The molecular weight excluding hydrogens is 396 g/mol. The van der Waals surface area contributed by atoms with Gasteiger partial charge in [0.15, 0.2) is 11.9 Å². The quantitative estimate of drug-likeness (QED) is 0.349. The highest BCUT2D eigenvalue weighted by Crippen LogP contribution is 2.25. The number of para-hydroxylation sites is 2. The van der Waals surface area contributed by atoms with E-state index >= 15 is 0 Å². The monoisotopic (exact) mass is 416 g/mol. The van der Waals surface area contributed by atoms with E-state index in [9.17, 15) is 14.4 Å². The number of rotatable bonds is 6. The minimum atomic E-state index is -1.01. The van der Waals surface area contributed by atoms with Gasteiger partial charge in [-0.15, -0.1) is 0 Å². The number of aryl methyl sites for hydroxylation is 1. The molecule has 2 N–H and O–H groups in total. The Morgan fingerprint density at radius 3 is 2.52 bits per heavy atom. The summed E-state index contributed by atoms with van der Waals surface area (Å²) in [6.45, 7) is 3.34. The Morgan fingerprint density at radius 1 is 1.00 bits per heavy atom. The molecule has 4 aromatic rings. The number of benzene rings is 2. The maximum Gasteiger partial charge on any atom is 0.340 e. The summed E-state index contributed by atoms with van der Waals surface area (Å²) in [4.78, 5) is 41.3. The van der Waals surface area contributed by atoms with Gasteiger partial charge in [0.05, 0.1) is 17.5 Å². The number of H-pyrrole nitrogens is 1. The van der Waals surface area contributed by atoms with Gasteiger partial charge >= 0.3 is 5.97 Å². The number of hydrogen-bond acceptors (Lipinski definition) is 5. The molecule has 1 amide bonds. The fourth-order valence-corrected chi connectivity index (χ4v) is 3.44. The van der Waals surface area contributed by atoms with Crippen LogP contribution in [0, 0.1) is 6.92 Å². The van der Waals surface area contributed by atoms with Gasteiger partial charge in [-0.25, -0.2) is 4.79 Å². The van der Waals surface area contributed by atoms with Gasteiger partial charge in [-0.3, -0.25) is 9.59 Å². The zero-order valence-corrected chi connectivity index (χ0v) is 17.0. The third-order valence-corrected chi connectivity index (χ3v) is 4.93. The highest BCUT2D eigenvalue weighted by atomic mass is 16.5. The number of carbonyl (C=O) groups excluding carboxylic acids is 3. The molecular formula is C24H20N2O5. The van der Waals surface area contributed by atoms with Crippen LogP contribution in [0.1, 0.15) is 43.9 Å². The van der Waals surface area contributed by atoms with Crippen LogP contribution in [0.4, 0.5) is 5.69 Å². The number of hydrogen-bond donors (Lipinski definition) is 2. The Kier molecular flexibility index (Phi) is 5.41. The summed E-state index contributed by atoms with van der Waals surface area (Å²) in [5, 5.41) is 3.41. The molecule has 0 aliphatic rings. The molecule has 1 atom stereocenters. The fraction of sp³-hybridized carbons (Fsp3) is 0.125. The first kappa shape index (κ1) is 20.2. The molecule has 0 aliphatic heterocycles. The summed E-state index contributed by atoms with van der Waals surface area (Å²) in [5.74, 6) is -1.40. The van der Waals surface area contributed by atoms with Gasteiger partial charge in [-0.2, -0.15) is 0 Å². The van der Waals surface area contributed by atoms with Crippen LogP contribution in [0.15, 0.2) is 71.3 Å². The zero-order chi connectivity index (χ0) is 22.0. The fourth-order valence-electron chi connectivity index (χ4n) is 3.44. The maximum absolute atomic E-state index is 13.0. The van der Waals surface area contributed by atoms with Crippen molar-refractivity contribution in [3.63, 3.8) is 0 Å². The van der Waals surface area contributed by atoms with Crippen LogP contribution in [0.2, 0.25) is 0 Å². The molecule has 156 valence electrons. The zero-order valence-electron chi connectivity index (χ0n) is 17.0. The average Bonchev–Trinajstić information content (AvgIpc) is 3.41. The van der Waals surface area contributed by atoms with E-state index < -0.39 is 18.0 Å². The molecule has 0 bridgehead atoms. The van der Waals surface area contributed by atoms with Crippen molar-refractivity contribution < 1.29 is 23.5 Å². The summed E-state index contributed by atoms with van der Waals surface area (Å²) >= 11 is 0. The molecule has 0 unspecified atom stereocenters. The van der Waals surface area contributed by atoms with E-state index in [1.165, 1.54) is 25.3 Å². The smallest absolute Gasteiger partial charge is 0.340 e. The van der Waals surface area contributed by atoms with Crippen LogP contribution in [0.25, 0.3) is 10.9 Å². The van der Waals surface area contributed by atoms with Crippen molar-refractivity contribution in [3.8, 4) is 0 Å². The lowest BCUT2D eigenvalue weighted by Gasteiger charge is -2.15. The summed E-state index contributed by atoms with van der Waals surface area (Å²) in [7, 11) is 0. The molecule has 7 heteroatoms. The Morgan fingerprint density at radius 2 is 1.74 bits per heavy atom. The number of fused-ring (bicyclic) bond motifs is 1. The first-order valence-electron chi connectivity index (χ1n) is 9.72. The first-order valence-corrected chi connectivity index (χ1v) is 9.72. The van der Waals surface area contributed by atoms with Gasteiger partial charge in [0, 0.05) is 22.2 Å². The molecule has 4 rings (SSSR count). The highest BCUT2D eigenvalue weighted by Gasteiger charge is 2.26. The molecule has 2 aromatic carbocycles. The van der Waals surface area contributed by atoms with E-state index in [-0.39, 0.29) is 22.8 Å². The lowest BCUT2D eigenvalue weighted by Crippen LogP contribution is -2.25. The van der Waals surface area contributed by atoms with Gasteiger partial charge in [-0.1, -0.05) is 30.3 Å². The number of furan rings is 1. The second-order valence-corrected chi connectivity index (χ2v) is 7.06. The predicted octanol–water partition coefficient (Wildman–Crippen LogP) is 4.75. The van der Waals surface area contributed by atoms with Crippen molar-refractivity contribution in [3.05, 3.63) is 89.5 Å². The number of ketones is 1. The number of nitrogens with one attached hydrogen (secondary N) is 2. The van der Waals surface area contributed by atoms with Crippen molar-refractivity contribution in [1.82, 2.24) is 4.98 Å². The Labute approximate surface area is 178 Å². The standard InChI is InChI=1S/C24H20N2O5/c1-14-21(16-8-3-5-10-18(16)25-14)22(27)15(2)31-24(29)17-9-4-6-11-19(17)26-23(28)20-12-7-13-30-20/h3-13,15,25H,1-2H3,(H,26,28)/t15-/m1/s1. The number of ether oxygens (including phenoxy) is 1. The normalized spacial score (nSPS) is 11.8. The van der Waals surface area contributed by atoms with Gasteiger partial charge in [0.2, 0.25) is 5.78 Å². The van der Waals surface area contributed by atoms with E-state index in [0.717, 1.165) is 10.9 Å². The molecule has 7 nitrogen and oxygen atoms in total. The van der Waals surface area contributed by atoms with Crippen LogP contribution in [0.3, 0.4) is 0 Å². The lowest BCUT2D eigenvalue weighted by molar-refractivity contribution is 0.0320. The van der Waals surface area contributed by atoms with Crippen molar-refractivity contribution in [1.29, 1.82) is 0 Å². The highest BCUT2D eigenvalue weighted by molar-refractivity contribution is 6.12. The molecule has 31 heavy (non-hydrogen) atoms. The minimum absolute atomic E-state index is 0.113. The Bertz CT molecular complexity index is 1270. The predicted molar refractivity (Wildman–Crippen MR) is 115 cm³/mol. The number of Topliss-reactive ketones (excluding diaryl/α,β-unsaturated/α-hetero) is 1.